The molecule has 100 valence electrons. The van der Waals surface area contributed by atoms with E-state index in [4.69, 9.17) is 0 Å². The molecular weight excluding hydrogens is 224 g/mol. The van der Waals surface area contributed by atoms with Crippen molar-refractivity contribution in [1.82, 2.24) is 4.90 Å². The quantitative estimate of drug-likeness (QED) is 0.885. The van der Waals surface area contributed by atoms with Gasteiger partial charge in [-0.25, -0.2) is 0 Å². The van der Waals surface area contributed by atoms with Gasteiger partial charge in [0.2, 0.25) is 0 Å². The van der Waals surface area contributed by atoms with E-state index in [0.29, 0.717) is 6.04 Å². The first-order chi connectivity index (χ1) is 8.70. The number of likely N-dealkylation sites (N-methyl/N-ethyl adjacent to an activating group) is 1. The summed E-state index contributed by atoms with van der Waals surface area (Å²) < 4.78 is 0. The fourth-order valence-corrected chi connectivity index (χ4v) is 2.79. The van der Waals surface area contributed by atoms with Gasteiger partial charge >= 0.3 is 0 Å². The van der Waals surface area contributed by atoms with Gasteiger partial charge in [0.15, 0.2) is 0 Å². The highest BCUT2D eigenvalue weighted by molar-refractivity contribution is 5.49. The zero-order chi connectivity index (χ0) is 13.0. The van der Waals surface area contributed by atoms with Crippen molar-refractivity contribution in [2.75, 3.05) is 38.2 Å². The summed E-state index contributed by atoms with van der Waals surface area (Å²) in [7, 11) is 2.17. The van der Waals surface area contributed by atoms with Gasteiger partial charge in [-0.05, 0) is 51.1 Å². The number of hydrogen-bond donors (Lipinski definition) is 1. The number of benzene rings is 1. The lowest BCUT2D eigenvalue weighted by molar-refractivity contribution is 0.253. The van der Waals surface area contributed by atoms with Gasteiger partial charge in [0.05, 0.1) is 0 Å². The lowest BCUT2D eigenvalue weighted by Gasteiger charge is -2.32. The van der Waals surface area contributed by atoms with Crippen molar-refractivity contribution in [1.29, 1.82) is 0 Å². The van der Waals surface area contributed by atoms with Crippen LogP contribution in [0.3, 0.4) is 0 Å². The van der Waals surface area contributed by atoms with E-state index in [9.17, 15) is 5.11 Å². The number of hydrogen-bond acceptors (Lipinski definition) is 3. The number of aliphatic hydroxyl groups is 1. The first kappa shape index (κ1) is 13.4. The van der Waals surface area contributed by atoms with Crippen LogP contribution in [0.15, 0.2) is 24.3 Å². The van der Waals surface area contributed by atoms with Crippen molar-refractivity contribution in [3.8, 4) is 0 Å². The van der Waals surface area contributed by atoms with Crippen LogP contribution in [0.25, 0.3) is 0 Å². The van der Waals surface area contributed by atoms with Gasteiger partial charge in [-0.1, -0.05) is 12.1 Å². The molecule has 2 rings (SSSR count). The summed E-state index contributed by atoms with van der Waals surface area (Å²) in [5, 5.41) is 9.27. The van der Waals surface area contributed by atoms with Gasteiger partial charge in [-0.15, -0.1) is 0 Å². The Morgan fingerprint density at radius 1 is 1.33 bits per heavy atom. The molecule has 18 heavy (non-hydrogen) atoms. The lowest BCUT2D eigenvalue weighted by Crippen LogP contribution is -2.41. The van der Waals surface area contributed by atoms with E-state index in [-0.39, 0.29) is 6.61 Å². The molecule has 1 N–H and O–H groups in total. The monoisotopic (exact) mass is 248 g/mol. The Morgan fingerprint density at radius 3 is 2.89 bits per heavy atom. The second-order valence-electron chi connectivity index (χ2n) is 5.31. The van der Waals surface area contributed by atoms with Crippen molar-refractivity contribution >= 4 is 5.69 Å². The number of rotatable bonds is 3. The third-order valence-corrected chi connectivity index (χ3v) is 3.70. The molecule has 1 saturated heterocycles. The van der Waals surface area contributed by atoms with Gasteiger partial charge < -0.3 is 14.9 Å². The molecule has 0 radical (unpaired) electrons. The molecule has 1 unspecified atom stereocenters. The molecule has 1 fully saturated rings. The van der Waals surface area contributed by atoms with Crippen LogP contribution in [-0.4, -0.2) is 49.3 Å². The Bertz CT molecular complexity index is 381. The van der Waals surface area contributed by atoms with Crippen molar-refractivity contribution in [2.45, 2.75) is 25.8 Å². The van der Waals surface area contributed by atoms with Crippen molar-refractivity contribution in [3.05, 3.63) is 29.8 Å². The molecule has 1 atom stereocenters. The van der Waals surface area contributed by atoms with E-state index in [1.165, 1.54) is 17.7 Å². The summed E-state index contributed by atoms with van der Waals surface area (Å²) in [6, 6.07) is 9.10. The van der Waals surface area contributed by atoms with E-state index in [0.717, 1.165) is 26.1 Å². The molecule has 1 aromatic carbocycles. The standard InChI is InChI=1S/C15H24N2O/c1-13-5-3-6-14(11-13)17-9-4-8-16(2)12-15(17)7-10-18/h3,5-6,11,15,18H,4,7-10,12H2,1-2H3. The molecule has 0 aliphatic carbocycles. The van der Waals surface area contributed by atoms with Crippen LogP contribution in [0.2, 0.25) is 0 Å². The second kappa shape index (κ2) is 6.21. The Labute approximate surface area is 110 Å². The zero-order valence-electron chi connectivity index (χ0n) is 11.5. The minimum Gasteiger partial charge on any atom is -0.396 e. The predicted molar refractivity (Wildman–Crippen MR) is 76.1 cm³/mol. The van der Waals surface area contributed by atoms with Gasteiger partial charge in [0, 0.05) is 31.4 Å². The second-order valence-corrected chi connectivity index (χ2v) is 5.31. The maximum atomic E-state index is 9.27. The summed E-state index contributed by atoms with van der Waals surface area (Å²) in [5.41, 5.74) is 2.59. The number of nitrogens with zero attached hydrogens (tertiary/aromatic N) is 2. The van der Waals surface area contributed by atoms with Crippen LogP contribution < -0.4 is 4.90 Å². The van der Waals surface area contributed by atoms with Gasteiger partial charge in [-0.3, -0.25) is 0 Å². The van der Waals surface area contributed by atoms with Crippen molar-refractivity contribution in [2.24, 2.45) is 0 Å². The molecular formula is C15H24N2O. The van der Waals surface area contributed by atoms with Crippen molar-refractivity contribution < 1.29 is 5.11 Å². The lowest BCUT2D eigenvalue weighted by atomic mass is 10.1. The molecule has 0 aromatic heterocycles. The van der Waals surface area contributed by atoms with Gasteiger partial charge in [0.1, 0.15) is 0 Å². The third-order valence-electron chi connectivity index (χ3n) is 3.70. The molecule has 1 aliphatic rings. The van der Waals surface area contributed by atoms with E-state index in [1.54, 1.807) is 0 Å². The Morgan fingerprint density at radius 2 is 2.17 bits per heavy atom. The topological polar surface area (TPSA) is 26.7 Å². The number of aliphatic hydroxyl groups excluding tert-OH is 1. The minimum atomic E-state index is 0.265. The number of anilines is 1. The highest BCUT2D eigenvalue weighted by Gasteiger charge is 2.23. The molecule has 0 bridgehead atoms. The van der Waals surface area contributed by atoms with Crippen LogP contribution >= 0.6 is 0 Å². The molecule has 3 nitrogen and oxygen atoms in total. The van der Waals surface area contributed by atoms with Crippen molar-refractivity contribution in [3.63, 3.8) is 0 Å². The van der Waals surface area contributed by atoms with E-state index in [1.807, 2.05) is 0 Å². The maximum Gasteiger partial charge on any atom is 0.0451 e. The smallest absolute Gasteiger partial charge is 0.0451 e. The minimum absolute atomic E-state index is 0.265. The fourth-order valence-electron chi connectivity index (χ4n) is 2.79. The summed E-state index contributed by atoms with van der Waals surface area (Å²) in [5.74, 6) is 0. The fraction of sp³-hybridized carbons (Fsp3) is 0.600. The van der Waals surface area contributed by atoms with E-state index >= 15 is 0 Å². The van der Waals surface area contributed by atoms with E-state index < -0.39 is 0 Å². The third kappa shape index (κ3) is 3.24. The maximum absolute atomic E-state index is 9.27. The Hall–Kier alpha value is -1.06. The van der Waals surface area contributed by atoms with Crippen LogP contribution in [0, 0.1) is 6.92 Å². The molecule has 3 heteroatoms. The Kier molecular flexibility index (Phi) is 4.61. The summed E-state index contributed by atoms with van der Waals surface area (Å²) in [6.45, 7) is 5.66. The molecule has 1 heterocycles. The Balaban J connectivity index is 2.21. The van der Waals surface area contributed by atoms with Gasteiger partial charge in [-0.2, -0.15) is 0 Å². The van der Waals surface area contributed by atoms with Crippen LogP contribution in [0.4, 0.5) is 5.69 Å². The summed E-state index contributed by atoms with van der Waals surface area (Å²) in [6.07, 6.45) is 2.03. The molecule has 1 aromatic rings. The van der Waals surface area contributed by atoms with Crippen LogP contribution in [-0.2, 0) is 0 Å². The van der Waals surface area contributed by atoms with E-state index in [2.05, 4.69) is 48.0 Å². The summed E-state index contributed by atoms with van der Waals surface area (Å²) in [4.78, 5) is 4.84. The van der Waals surface area contributed by atoms with Crippen LogP contribution in [0.5, 0.6) is 0 Å². The normalized spacial score (nSPS) is 21.9. The highest BCUT2D eigenvalue weighted by atomic mass is 16.3. The molecule has 0 saturated carbocycles. The molecule has 1 aliphatic heterocycles. The van der Waals surface area contributed by atoms with Crippen LogP contribution in [0.1, 0.15) is 18.4 Å². The largest absolute Gasteiger partial charge is 0.396 e. The molecule has 0 spiro atoms. The SMILES string of the molecule is Cc1cccc(N2CCCN(C)CC2CCO)c1. The summed E-state index contributed by atoms with van der Waals surface area (Å²) >= 11 is 0. The van der Waals surface area contributed by atoms with Gasteiger partial charge in [0.25, 0.3) is 0 Å². The average molecular weight is 248 g/mol. The zero-order valence-corrected chi connectivity index (χ0v) is 11.5. The average Bonchev–Trinajstić information content (AvgIpc) is 2.51. The predicted octanol–water partition coefficient (Wildman–Crippen LogP) is 1.89. The number of aryl methyl sites for hydroxylation is 1. The molecule has 0 amide bonds. The first-order valence-electron chi connectivity index (χ1n) is 6.83. The highest BCUT2D eigenvalue weighted by Crippen LogP contribution is 2.22. The first-order valence-corrected chi connectivity index (χ1v) is 6.83.